The number of halogens is 2. The molecule has 4 nitrogen and oxygen atoms in total. The van der Waals surface area contributed by atoms with Gasteiger partial charge in [0.2, 0.25) is 0 Å². The molecule has 0 bridgehead atoms. The zero-order valence-corrected chi connectivity index (χ0v) is 19.7. The Hall–Kier alpha value is -2.28. The van der Waals surface area contributed by atoms with Crippen molar-refractivity contribution < 1.29 is 9.18 Å². The van der Waals surface area contributed by atoms with E-state index in [4.69, 9.17) is 11.6 Å². The predicted molar refractivity (Wildman–Crippen MR) is 130 cm³/mol. The highest BCUT2D eigenvalue weighted by Crippen LogP contribution is 2.33. The lowest BCUT2D eigenvalue weighted by Crippen LogP contribution is -2.38. The molecule has 0 radical (unpaired) electrons. The van der Waals surface area contributed by atoms with Crippen molar-refractivity contribution in [3.05, 3.63) is 77.2 Å². The molecule has 1 aromatic heterocycles. The molecule has 1 aliphatic heterocycles. The highest BCUT2D eigenvalue weighted by atomic mass is 35.5. The van der Waals surface area contributed by atoms with Gasteiger partial charge < -0.3 is 10.6 Å². The fourth-order valence-electron chi connectivity index (χ4n) is 4.22. The molecule has 2 aromatic carbocycles. The number of nitrogens with one attached hydrogen (secondary N) is 2. The van der Waals surface area contributed by atoms with Gasteiger partial charge in [-0.3, -0.25) is 8.77 Å². The van der Waals surface area contributed by atoms with Crippen LogP contribution in [0.5, 0.6) is 0 Å². The summed E-state index contributed by atoms with van der Waals surface area (Å²) in [6, 6.07) is 16.6. The number of benzene rings is 2. The Morgan fingerprint density at radius 3 is 2.78 bits per heavy atom. The van der Waals surface area contributed by atoms with E-state index in [-0.39, 0.29) is 17.8 Å². The third-order valence-electron chi connectivity index (χ3n) is 5.68. The summed E-state index contributed by atoms with van der Waals surface area (Å²) in [7, 11) is 0. The van der Waals surface area contributed by atoms with Crippen LogP contribution in [0.25, 0.3) is 11.3 Å². The molecule has 3 unspecified atom stereocenters. The van der Waals surface area contributed by atoms with E-state index in [9.17, 15) is 9.18 Å². The molecule has 0 saturated carbocycles. The Kier molecular flexibility index (Phi) is 7.23. The van der Waals surface area contributed by atoms with Crippen molar-refractivity contribution in [1.29, 1.82) is 0 Å². The molecular weight excluding hydrogens is 445 g/mol. The van der Waals surface area contributed by atoms with Crippen LogP contribution < -0.4 is 10.6 Å². The van der Waals surface area contributed by atoms with E-state index in [0.717, 1.165) is 17.7 Å². The minimum absolute atomic E-state index is 0.0228. The summed E-state index contributed by atoms with van der Waals surface area (Å²) in [5, 5.41) is 7.33. The van der Waals surface area contributed by atoms with E-state index < -0.39 is 0 Å². The lowest BCUT2D eigenvalue weighted by Gasteiger charge is -2.19. The van der Waals surface area contributed by atoms with Gasteiger partial charge in [-0.1, -0.05) is 29.8 Å². The van der Waals surface area contributed by atoms with Gasteiger partial charge in [-0.2, -0.15) is 0 Å². The fraction of sp³-hybridized carbons (Fsp3) is 0.320. The second-order valence-electron chi connectivity index (χ2n) is 8.42. The Morgan fingerprint density at radius 1 is 1.25 bits per heavy atom. The Morgan fingerprint density at radius 2 is 2.06 bits per heavy atom. The van der Waals surface area contributed by atoms with E-state index in [2.05, 4.69) is 17.6 Å². The zero-order chi connectivity index (χ0) is 22.7. The van der Waals surface area contributed by atoms with Crippen LogP contribution in [-0.2, 0) is 0 Å². The molecule has 2 N–H and O–H groups in total. The summed E-state index contributed by atoms with van der Waals surface area (Å²) in [5.41, 5.74) is 1.82. The molecule has 2 heterocycles. The SMILES string of the molecule is CC(CC1CCC(C)N1)NC(=O)c1ccn(Sc2cccc(Cl)c2)c1-c1cccc(F)c1. The van der Waals surface area contributed by atoms with Gasteiger partial charge in [0.05, 0.1) is 11.3 Å². The standard InChI is InChI=1S/C25H27ClFN3OS/c1-16-9-10-21(28-16)13-17(2)29-25(31)23-11-12-30(32-22-8-4-6-19(26)15-22)24(23)18-5-3-7-20(27)14-18/h3-8,11-12,14-17,21,28H,9-10,13H2,1-2H3,(H,29,31). The maximum atomic E-state index is 14.0. The van der Waals surface area contributed by atoms with Gasteiger partial charge in [-0.15, -0.1) is 0 Å². The fourth-order valence-corrected chi connectivity index (χ4v) is 5.44. The number of aromatic nitrogens is 1. The number of rotatable bonds is 7. The molecule has 1 fully saturated rings. The summed E-state index contributed by atoms with van der Waals surface area (Å²) in [6.45, 7) is 4.22. The van der Waals surface area contributed by atoms with Gasteiger partial charge >= 0.3 is 0 Å². The lowest BCUT2D eigenvalue weighted by atomic mass is 10.0. The number of hydrogen-bond donors (Lipinski definition) is 2. The normalized spacial score (nSPS) is 19.1. The van der Waals surface area contributed by atoms with E-state index in [0.29, 0.717) is 33.9 Å². The average Bonchev–Trinajstić information content (AvgIpc) is 3.34. The summed E-state index contributed by atoms with van der Waals surface area (Å²) in [4.78, 5) is 14.1. The molecule has 1 amide bonds. The minimum Gasteiger partial charge on any atom is -0.349 e. The molecule has 168 valence electrons. The second kappa shape index (κ2) is 10.1. The molecule has 1 aliphatic rings. The first-order valence-corrected chi connectivity index (χ1v) is 12.0. The molecular formula is C25H27ClFN3OS. The second-order valence-corrected chi connectivity index (χ2v) is 9.90. The van der Waals surface area contributed by atoms with Crippen molar-refractivity contribution in [2.75, 3.05) is 0 Å². The van der Waals surface area contributed by atoms with Gasteiger partial charge in [0.15, 0.2) is 0 Å². The van der Waals surface area contributed by atoms with Gasteiger partial charge in [0, 0.05) is 39.8 Å². The summed E-state index contributed by atoms with van der Waals surface area (Å²) in [5.74, 6) is -0.502. The molecule has 1 saturated heterocycles. The van der Waals surface area contributed by atoms with Crippen LogP contribution in [0.1, 0.15) is 43.5 Å². The summed E-state index contributed by atoms with van der Waals surface area (Å²) in [6.07, 6.45) is 5.01. The Bertz CT molecular complexity index is 1100. The number of carbonyl (C=O) groups is 1. The molecule has 3 atom stereocenters. The van der Waals surface area contributed by atoms with Crippen LogP contribution >= 0.6 is 23.5 Å². The molecule has 0 aliphatic carbocycles. The van der Waals surface area contributed by atoms with Crippen LogP contribution in [0.15, 0.2) is 65.7 Å². The van der Waals surface area contributed by atoms with Crippen molar-refractivity contribution in [3.8, 4) is 11.3 Å². The van der Waals surface area contributed by atoms with Crippen molar-refractivity contribution in [2.24, 2.45) is 0 Å². The van der Waals surface area contributed by atoms with Gasteiger partial charge in [-0.05, 0) is 81.5 Å². The monoisotopic (exact) mass is 471 g/mol. The van der Waals surface area contributed by atoms with Crippen LogP contribution in [0.2, 0.25) is 5.02 Å². The highest BCUT2D eigenvalue weighted by Gasteiger charge is 2.24. The van der Waals surface area contributed by atoms with Gasteiger partial charge in [-0.25, -0.2) is 4.39 Å². The number of carbonyl (C=O) groups excluding carboxylic acids is 1. The van der Waals surface area contributed by atoms with Crippen molar-refractivity contribution in [2.45, 2.75) is 56.1 Å². The number of amides is 1. The molecule has 4 rings (SSSR count). The van der Waals surface area contributed by atoms with Gasteiger partial charge in [0.1, 0.15) is 5.82 Å². The van der Waals surface area contributed by atoms with E-state index in [1.165, 1.54) is 30.5 Å². The van der Waals surface area contributed by atoms with E-state index in [1.54, 1.807) is 12.1 Å². The summed E-state index contributed by atoms with van der Waals surface area (Å²) >= 11 is 7.57. The number of hydrogen-bond acceptors (Lipinski definition) is 3. The highest BCUT2D eigenvalue weighted by molar-refractivity contribution is 7.98. The van der Waals surface area contributed by atoms with Crippen LogP contribution in [0.4, 0.5) is 4.39 Å². The van der Waals surface area contributed by atoms with Crippen molar-refractivity contribution in [1.82, 2.24) is 14.6 Å². The summed E-state index contributed by atoms with van der Waals surface area (Å²) < 4.78 is 15.9. The predicted octanol–water partition coefficient (Wildman–Crippen LogP) is 6.15. The van der Waals surface area contributed by atoms with Crippen LogP contribution in [0, 0.1) is 5.82 Å². The van der Waals surface area contributed by atoms with E-state index >= 15 is 0 Å². The first-order valence-electron chi connectivity index (χ1n) is 10.9. The van der Waals surface area contributed by atoms with Crippen molar-refractivity contribution in [3.63, 3.8) is 0 Å². The topological polar surface area (TPSA) is 46.1 Å². The molecule has 3 aromatic rings. The maximum absolute atomic E-state index is 14.0. The van der Waals surface area contributed by atoms with Crippen LogP contribution in [0.3, 0.4) is 0 Å². The number of nitrogens with zero attached hydrogens (tertiary/aromatic N) is 1. The lowest BCUT2D eigenvalue weighted by molar-refractivity contribution is 0.0937. The van der Waals surface area contributed by atoms with Crippen molar-refractivity contribution >= 4 is 29.5 Å². The molecule has 32 heavy (non-hydrogen) atoms. The Labute approximate surface area is 197 Å². The van der Waals surface area contributed by atoms with E-state index in [1.807, 2.05) is 47.4 Å². The van der Waals surface area contributed by atoms with Gasteiger partial charge in [0.25, 0.3) is 5.91 Å². The third kappa shape index (κ3) is 5.55. The first kappa shape index (κ1) is 22.9. The van der Waals surface area contributed by atoms with Crippen LogP contribution in [-0.4, -0.2) is 28.0 Å². The average molecular weight is 472 g/mol. The first-order chi connectivity index (χ1) is 15.4. The minimum atomic E-state index is -0.343. The molecule has 7 heteroatoms. The maximum Gasteiger partial charge on any atom is 0.253 e. The third-order valence-corrected chi connectivity index (χ3v) is 6.88. The largest absolute Gasteiger partial charge is 0.349 e. The zero-order valence-electron chi connectivity index (χ0n) is 18.1. The smallest absolute Gasteiger partial charge is 0.253 e. The Balaban J connectivity index is 1.59. The molecule has 0 spiro atoms. The quantitative estimate of drug-likeness (QED) is 0.434.